The Kier molecular flexibility index (Phi) is 6.29. The first-order chi connectivity index (χ1) is 9.53. The minimum absolute atomic E-state index is 0.0499. The van der Waals surface area contributed by atoms with E-state index in [9.17, 15) is 4.79 Å². The van der Waals surface area contributed by atoms with Crippen molar-refractivity contribution in [3.05, 3.63) is 41.5 Å². The van der Waals surface area contributed by atoms with Crippen molar-refractivity contribution in [2.45, 2.75) is 40.5 Å². The summed E-state index contributed by atoms with van der Waals surface area (Å²) in [6.45, 7) is 13.3. The summed E-state index contributed by atoms with van der Waals surface area (Å²) in [6.07, 6.45) is 1.83. The molecule has 0 atom stereocenters. The van der Waals surface area contributed by atoms with Crippen molar-refractivity contribution in [3.8, 4) is 0 Å². The number of urea groups is 1. The molecule has 0 saturated heterocycles. The third-order valence-corrected chi connectivity index (χ3v) is 3.36. The van der Waals surface area contributed by atoms with Crippen molar-refractivity contribution in [2.75, 3.05) is 18.4 Å². The fourth-order valence-corrected chi connectivity index (χ4v) is 2.24. The van der Waals surface area contributed by atoms with Crippen LogP contribution in [0.5, 0.6) is 0 Å². The van der Waals surface area contributed by atoms with Gasteiger partial charge in [0, 0.05) is 18.8 Å². The van der Waals surface area contributed by atoms with Gasteiger partial charge in [-0.15, -0.1) is 0 Å². The van der Waals surface area contributed by atoms with E-state index < -0.39 is 0 Å². The molecule has 0 aliphatic rings. The summed E-state index contributed by atoms with van der Waals surface area (Å²) < 4.78 is 0. The highest BCUT2D eigenvalue weighted by Gasteiger charge is 2.15. The molecule has 0 aromatic heterocycles. The lowest BCUT2D eigenvalue weighted by Crippen LogP contribution is -2.36. The first kappa shape index (κ1) is 16.3. The van der Waals surface area contributed by atoms with Gasteiger partial charge in [-0.2, -0.15) is 0 Å². The van der Waals surface area contributed by atoms with Crippen LogP contribution in [0.25, 0.3) is 0 Å². The molecule has 0 radical (unpaired) electrons. The molecule has 0 heterocycles. The molecule has 2 amide bonds. The number of para-hydroxylation sites is 1. The molecule has 0 spiro atoms. The van der Waals surface area contributed by atoms with Gasteiger partial charge in [-0.05, 0) is 37.8 Å². The smallest absolute Gasteiger partial charge is 0.321 e. The van der Waals surface area contributed by atoms with Crippen LogP contribution in [-0.2, 0) is 12.8 Å². The molecule has 1 N–H and O–H groups in total. The number of carbonyl (C=O) groups excluding carboxylic acids is 1. The van der Waals surface area contributed by atoms with E-state index in [0.717, 1.165) is 24.1 Å². The van der Waals surface area contributed by atoms with Crippen molar-refractivity contribution < 1.29 is 4.79 Å². The summed E-state index contributed by atoms with van der Waals surface area (Å²) >= 11 is 0. The summed E-state index contributed by atoms with van der Waals surface area (Å²) in [6, 6.07) is 6.15. The molecule has 0 fully saturated rings. The molecule has 0 bridgehead atoms. The molecule has 20 heavy (non-hydrogen) atoms. The van der Waals surface area contributed by atoms with E-state index >= 15 is 0 Å². The van der Waals surface area contributed by atoms with Gasteiger partial charge in [-0.25, -0.2) is 4.79 Å². The molecular formula is C17H26N2O. The van der Waals surface area contributed by atoms with Crippen LogP contribution in [0.2, 0.25) is 0 Å². The monoisotopic (exact) mass is 274 g/mol. The van der Waals surface area contributed by atoms with Gasteiger partial charge in [0.25, 0.3) is 0 Å². The van der Waals surface area contributed by atoms with Gasteiger partial charge in [0.05, 0.1) is 0 Å². The lowest BCUT2D eigenvalue weighted by molar-refractivity contribution is 0.218. The number of hydrogen-bond acceptors (Lipinski definition) is 1. The Morgan fingerprint density at radius 1 is 1.20 bits per heavy atom. The summed E-state index contributed by atoms with van der Waals surface area (Å²) in [4.78, 5) is 14.2. The number of amides is 2. The highest BCUT2D eigenvalue weighted by atomic mass is 16.2. The number of benzene rings is 1. The number of nitrogens with one attached hydrogen (secondary N) is 1. The molecule has 3 heteroatoms. The Morgan fingerprint density at radius 3 is 2.15 bits per heavy atom. The van der Waals surface area contributed by atoms with Gasteiger partial charge in [0.1, 0.15) is 0 Å². The quantitative estimate of drug-likeness (QED) is 0.773. The SMILES string of the molecule is C=C(C)CN(CC)C(=O)Nc1c(CC)cccc1CC. The van der Waals surface area contributed by atoms with E-state index in [1.54, 1.807) is 4.90 Å². The molecule has 0 aliphatic carbocycles. The number of likely N-dealkylation sites (N-methyl/N-ethyl adjacent to an activating group) is 1. The fraction of sp³-hybridized carbons (Fsp3) is 0.471. The topological polar surface area (TPSA) is 32.3 Å². The maximum atomic E-state index is 12.4. The van der Waals surface area contributed by atoms with E-state index in [-0.39, 0.29) is 6.03 Å². The maximum absolute atomic E-state index is 12.4. The standard InChI is InChI=1S/C17H26N2O/c1-6-14-10-9-11-15(7-2)16(14)18-17(20)19(8-3)12-13(4)5/h9-11H,4,6-8,12H2,1-3,5H3,(H,18,20). The van der Waals surface area contributed by atoms with Crippen LogP contribution in [0.1, 0.15) is 38.8 Å². The second kappa shape index (κ2) is 7.73. The first-order valence-corrected chi connectivity index (χ1v) is 7.34. The van der Waals surface area contributed by atoms with Crippen LogP contribution in [0, 0.1) is 0 Å². The van der Waals surface area contributed by atoms with Crippen LogP contribution < -0.4 is 5.32 Å². The molecule has 3 nitrogen and oxygen atoms in total. The number of nitrogens with zero attached hydrogens (tertiary/aromatic N) is 1. The van der Waals surface area contributed by atoms with Gasteiger partial charge in [-0.3, -0.25) is 0 Å². The normalized spacial score (nSPS) is 10.2. The summed E-state index contributed by atoms with van der Waals surface area (Å²) in [5, 5.41) is 3.08. The number of aryl methyl sites for hydroxylation is 2. The van der Waals surface area contributed by atoms with Crippen LogP contribution >= 0.6 is 0 Å². The highest BCUT2D eigenvalue weighted by molar-refractivity contribution is 5.91. The van der Waals surface area contributed by atoms with Crippen LogP contribution in [0.15, 0.2) is 30.4 Å². The number of hydrogen-bond donors (Lipinski definition) is 1. The predicted octanol–water partition coefficient (Wildman–Crippen LogP) is 4.24. The van der Waals surface area contributed by atoms with E-state index in [4.69, 9.17) is 0 Å². The Hall–Kier alpha value is -1.77. The van der Waals surface area contributed by atoms with Crippen molar-refractivity contribution in [1.82, 2.24) is 4.90 Å². The number of carbonyl (C=O) groups is 1. The van der Waals surface area contributed by atoms with Gasteiger partial charge in [0.15, 0.2) is 0 Å². The molecule has 110 valence electrons. The highest BCUT2D eigenvalue weighted by Crippen LogP contribution is 2.23. The second-order valence-corrected chi connectivity index (χ2v) is 5.06. The average molecular weight is 274 g/mol. The minimum atomic E-state index is -0.0499. The maximum Gasteiger partial charge on any atom is 0.322 e. The summed E-state index contributed by atoms with van der Waals surface area (Å²) in [7, 11) is 0. The van der Waals surface area contributed by atoms with Crippen molar-refractivity contribution in [2.24, 2.45) is 0 Å². The Labute approximate surface area is 122 Å². The van der Waals surface area contributed by atoms with Crippen molar-refractivity contribution in [1.29, 1.82) is 0 Å². The summed E-state index contributed by atoms with van der Waals surface area (Å²) in [5.41, 5.74) is 4.33. The third-order valence-electron chi connectivity index (χ3n) is 3.36. The van der Waals surface area contributed by atoms with Gasteiger partial charge in [0.2, 0.25) is 0 Å². The molecule has 0 aliphatic heterocycles. The van der Waals surface area contributed by atoms with Crippen LogP contribution in [0.3, 0.4) is 0 Å². The van der Waals surface area contributed by atoms with E-state index in [1.807, 2.05) is 13.8 Å². The van der Waals surface area contributed by atoms with E-state index in [1.165, 1.54) is 11.1 Å². The van der Waals surface area contributed by atoms with E-state index in [2.05, 4.69) is 43.9 Å². The summed E-state index contributed by atoms with van der Waals surface area (Å²) in [5.74, 6) is 0. The minimum Gasteiger partial charge on any atom is -0.321 e. The third kappa shape index (κ3) is 4.12. The first-order valence-electron chi connectivity index (χ1n) is 7.34. The number of anilines is 1. The average Bonchev–Trinajstić information content (AvgIpc) is 2.44. The Morgan fingerprint density at radius 2 is 1.75 bits per heavy atom. The van der Waals surface area contributed by atoms with Crippen LogP contribution in [0.4, 0.5) is 10.5 Å². The predicted molar refractivity (Wildman–Crippen MR) is 86.3 cm³/mol. The fourth-order valence-electron chi connectivity index (χ4n) is 2.24. The zero-order chi connectivity index (χ0) is 15.1. The van der Waals surface area contributed by atoms with Crippen molar-refractivity contribution in [3.63, 3.8) is 0 Å². The molecular weight excluding hydrogens is 248 g/mol. The van der Waals surface area contributed by atoms with Crippen LogP contribution in [-0.4, -0.2) is 24.0 Å². The van der Waals surface area contributed by atoms with E-state index in [0.29, 0.717) is 13.1 Å². The van der Waals surface area contributed by atoms with Gasteiger partial charge >= 0.3 is 6.03 Å². The van der Waals surface area contributed by atoms with Gasteiger partial charge in [-0.1, -0.05) is 44.2 Å². The second-order valence-electron chi connectivity index (χ2n) is 5.06. The zero-order valence-corrected chi connectivity index (χ0v) is 13.1. The molecule has 1 rings (SSSR count). The zero-order valence-electron chi connectivity index (χ0n) is 13.1. The lowest BCUT2D eigenvalue weighted by atomic mass is 10.0. The molecule has 0 saturated carbocycles. The Balaban J connectivity index is 2.96. The van der Waals surface area contributed by atoms with Gasteiger partial charge < -0.3 is 10.2 Å². The number of rotatable bonds is 6. The largest absolute Gasteiger partial charge is 0.322 e. The molecule has 1 aromatic rings. The Bertz CT molecular complexity index is 458. The molecule has 1 aromatic carbocycles. The lowest BCUT2D eigenvalue weighted by Gasteiger charge is -2.23. The van der Waals surface area contributed by atoms with Crippen molar-refractivity contribution >= 4 is 11.7 Å². The molecule has 0 unspecified atom stereocenters.